The maximum Gasteiger partial charge on any atom is 0.266 e. The predicted octanol–water partition coefficient (Wildman–Crippen LogP) is 4.88. The molecule has 0 saturated carbocycles. The lowest BCUT2D eigenvalue weighted by Crippen LogP contribution is -2.34. The zero-order valence-electron chi connectivity index (χ0n) is 14.1. The lowest BCUT2D eigenvalue weighted by atomic mass is 10.2. The van der Waals surface area contributed by atoms with E-state index >= 15 is 0 Å². The summed E-state index contributed by atoms with van der Waals surface area (Å²) >= 11 is 6.66. The second-order valence-electron chi connectivity index (χ2n) is 5.99. The van der Waals surface area contributed by atoms with Crippen LogP contribution in [0.1, 0.15) is 25.0 Å². The minimum atomic E-state index is -0.0272. The van der Waals surface area contributed by atoms with E-state index < -0.39 is 0 Å². The molecule has 0 bridgehead atoms. The van der Waals surface area contributed by atoms with Crippen LogP contribution in [0.4, 0.5) is 0 Å². The molecule has 1 fully saturated rings. The first-order valence-corrected chi connectivity index (χ1v) is 9.31. The Morgan fingerprint density at radius 1 is 1.16 bits per heavy atom. The summed E-state index contributed by atoms with van der Waals surface area (Å²) in [6, 6.07) is 17.8. The Morgan fingerprint density at radius 2 is 1.92 bits per heavy atom. The molecular formula is C20H19NO2S2. The number of carbonyl (C=O) groups excluding carboxylic acids is 1. The largest absolute Gasteiger partial charge is 0.489 e. The maximum atomic E-state index is 12.5. The summed E-state index contributed by atoms with van der Waals surface area (Å²) in [6.07, 6.45) is 1.87. The third-order valence-corrected chi connectivity index (χ3v) is 5.07. The molecule has 128 valence electrons. The number of carbonyl (C=O) groups is 1. The van der Waals surface area contributed by atoms with Crippen molar-refractivity contribution in [1.82, 2.24) is 4.90 Å². The lowest BCUT2D eigenvalue weighted by Gasteiger charge is -2.18. The van der Waals surface area contributed by atoms with E-state index in [1.807, 2.05) is 74.5 Å². The van der Waals surface area contributed by atoms with Crippen LogP contribution in [0.3, 0.4) is 0 Å². The molecule has 3 nitrogen and oxygen atoms in total. The fraction of sp³-hybridized carbons (Fsp3) is 0.200. The van der Waals surface area contributed by atoms with Crippen molar-refractivity contribution in [1.29, 1.82) is 0 Å². The zero-order chi connectivity index (χ0) is 17.8. The average Bonchev–Trinajstić information content (AvgIpc) is 2.88. The summed E-state index contributed by atoms with van der Waals surface area (Å²) in [5.41, 5.74) is 2.04. The van der Waals surface area contributed by atoms with Gasteiger partial charge in [0.25, 0.3) is 5.91 Å². The van der Waals surface area contributed by atoms with E-state index in [2.05, 4.69) is 0 Å². The van der Waals surface area contributed by atoms with E-state index in [0.29, 0.717) is 15.8 Å². The molecule has 0 N–H and O–H groups in total. The zero-order valence-corrected chi connectivity index (χ0v) is 15.8. The van der Waals surface area contributed by atoms with Crippen LogP contribution in [0.25, 0.3) is 6.08 Å². The fourth-order valence-electron chi connectivity index (χ4n) is 2.51. The molecule has 2 aromatic carbocycles. The molecule has 3 rings (SSSR count). The molecule has 0 spiro atoms. The Morgan fingerprint density at radius 3 is 2.60 bits per heavy atom. The first kappa shape index (κ1) is 17.7. The van der Waals surface area contributed by atoms with Gasteiger partial charge in [0.1, 0.15) is 16.7 Å². The van der Waals surface area contributed by atoms with Crippen LogP contribution < -0.4 is 4.74 Å². The Bertz CT molecular complexity index is 815. The summed E-state index contributed by atoms with van der Waals surface area (Å²) in [6.45, 7) is 4.44. The summed E-state index contributed by atoms with van der Waals surface area (Å²) < 4.78 is 6.46. The molecule has 0 unspecified atom stereocenters. The molecule has 0 atom stereocenters. The number of amides is 1. The topological polar surface area (TPSA) is 29.5 Å². The highest BCUT2D eigenvalue weighted by atomic mass is 32.2. The Balaban J connectivity index is 1.73. The maximum absolute atomic E-state index is 12.5. The van der Waals surface area contributed by atoms with Gasteiger partial charge in [-0.15, -0.1) is 0 Å². The number of rotatable bonds is 5. The standard InChI is InChI=1S/C20H19NO2S2/c1-14(2)21-19(22)18(25-20(21)24)12-16-9-6-10-17(11-16)23-13-15-7-4-3-5-8-15/h3-12,14H,13H2,1-2H3/b18-12-. The molecule has 0 radical (unpaired) electrons. The van der Waals surface area contributed by atoms with Crippen LogP contribution in [-0.4, -0.2) is 21.2 Å². The lowest BCUT2D eigenvalue weighted by molar-refractivity contribution is -0.123. The van der Waals surface area contributed by atoms with Crippen LogP contribution in [0.15, 0.2) is 59.5 Å². The number of nitrogens with zero attached hydrogens (tertiary/aromatic N) is 1. The predicted molar refractivity (Wildman–Crippen MR) is 107 cm³/mol. The van der Waals surface area contributed by atoms with Crippen LogP contribution >= 0.6 is 24.0 Å². The highest BCUT2D eigenvalue weighted by molar-refractivity contribution is 8.26. The molecule has 1 aliphatic heterocycles. The van der Waals surface area contributed by atoms with Gasteiger partial charge in [-0.05, 0) is 43.2 Å². The van der Waals surface area contributed by atoms with Crippen molar-refractivity contribution in [2.24, 2.45) is 0 Å². The fourth-order valence-corrected chi connectivity index (χ4v) is 4.04. The van der Waals surface area contributed by atoms with Gasteiger partial charge in [-0.1, -0.05) is 66.4 Å². The molecule has 1 heterocycles. The van der Waals surface area contributed by atoms with E-state index in [4.69, 9.17) is 17.0 Å². The third-order valence-electron chi connectivity index (χ3n) is 3.74. The third kappa shape index (κ3) is 4.30. The van der Waals surface area contributed by atoms with Crippen LogP contribution in [0.5, 0.6) is 5.75 Å². The Kier molecular flexibility index (Phi) is 5.56. The molecule has 5 heteroatoms. The van der Waals surface area contributed by atoms with Gasteiger partial charge >= 0.3 is 0 Å². The van der Waals surface area contributed by atoms with E-state index in [1.165, 1.54) is 11.8 Å². The van der Waals surface area contributed by atoms with Crippen molar-refractivity contribution in [3.05, 3.63) is 70.6 Å². The van der Waals surface area contributed by atoms with Gasteiger partial charge in [-0.25, -0.2) is 0 Å². The number of thioether (sulfide) groups is 1. The number of hydrogen-bond donors (Lipinski definition) is 0. The smallest absolute Gasteiger partial charge is 0.266 e. The second kappa shape index (κ2) is 7.85. The van der Waals surface area contributed by atoms with Crippen molar-refractivity contribution >= 4 is 40.3 Å². The second-order valence-corrected chi connectivity index (χ2v) is 7.67. The molecule has 1 aliphatic rings. The molecule has 1 amide bonds. The summed E-state index contributed by atoms with van der Waals surface area (Å²) in [5.74, 6) is 0.748. The van der Waals surface area contributed by atoms with Crippen molar-refractivity contribution < 1.29 is 9.53 Å². The first-order chi connectivity index (χ1) is 12.0. The number of ether oxygens (including phenoxy) is 1. The number of benzene rings is 2. The van der Waals surface area contributed by atoms with Crippen LogP contribution in [0, 0.1) is 0 Å². The van der Waals surface area contributed by atoms with Gasteiger partial charge in [0.2, 0.25) is 0 Å². The minimum Gasteiger partial charge on any atom is -0.489 e. The SMILES string of the molecule is CC(C)N1C(=O)/C(=C/c2cccc(OCc3ccccc3)c2)SC1=S. The Hall–Kier alpha value is -2.11. The summed E-state index contributed by atoms with van der Waals surface area (Å²) in [4.78, 5) is 14.8. The van der Waals surface area contributed by atoms with Crippen molar-refractivity contribution in [2.45, 2.75) is 26.5 Å². The van der Waals surface area contributed by atoms with Crippen molar-refractivity contribution in [3.8, 4) is 5.75 Å². The van der Waals surface area contributed by atoms with Gasteiger partial charge in [0.05, 0.1) is 4.91 Å². The Labute approximate surface area is 157 Å². The number of thiocarbonyl (C=S) groups is 1. The normalized spacial score (nSPS) is 16.1. The quantitative estimate of drug-likeness (QED) is 0.555. The molecule has 2 aromatic rings. The molecule has 25 heavy (non-hydrogen) atoms. The highest BCUT2D eigenvalue weighted by Gasteiger charge is 2.33. The minimum absolute atomic E-state index is 0.0272. The average molecular weight is 370 g/mol. The van der Waals surface area contributed by atoms with E-state index in [0.717, 1.165) is 16.9 Å². The van der Waals surface area contributed by atoms with E-state index in [-0.39, 0.29) is 11.9 Å². The summed E-state index contributed by atoms with van der Waals surface area (Å²) in [7, 11) is 0. The summed E-state index contributed by atoms with van der Waals surface area (Å²) in [5, 5.41) is 0. The van der Waals surface area contributed by atoms with Gasteiger partial charge in [0.15, 0.2) is 0 Å². The van der Waals surface area contributed by atoms with Crippen molar-refractivity contribution in [2.75, 3.05) is 0 Å². The highest BCUT2D eigenvalue weighted by Crippen LogP contribution is 2.34. The van der Waals surface area contributed by atoms with E-state index in [9.17, 15) is 4.79 Å². The molecule has 1 saturated heterocycles. The molecular weight excluding hydrogens is 350 g/mol. The van der Waals surface area contributed by atoms with Gasteiger partial charge in [0, 0.05) is 6.04 Å². The molecule has 0 aromatic heterocycles. The van der Waals surface area contributed by atoms with Crippen molar-refractivity contribution in [3.63, 3.8) is 0 Å². The van der Waals surface area contributed by atoms with Crippen LogP contribution in [0.2, 0.25) is 0 Å². The molecule has 0 aliphatic carbocycles. The van der Waals surface area contributed by atoms with Gasteiger partial charge in [-0.2, -0.15) is 0 Å². The van der Waals surface area contributed by atoms with Crippen LogP contribution in [-0.2, 0) is 11.4 Å². The monoisotopic (exact) mass is 369 g/mol. The number of hydrogen-bond acceptors (Lipinski definition) is 4. The van der Waals surface area contributed by atoms with Gasteiger partial charge in [-0.3, -0.25) is 9.69 Å². The first-order valence-electron chi connectivity index (χ1n) is 8.08. The van der Waals surface area contributed by atoms with E-state index in [1.54, 1.807) is 4.90 Å². The van der Waals surface area contributed by atoms with Gasteiger partial charge < -0.3 is 4.74 Å².